The average Bonchev–Trinajstić information content (AvgIpc) is 2.40. The highest BCUT2D eigenvalue weighted by Gasteiger charge is 2.05. The minimum Gasteiger partial charge on any atom is -0.491 e. The lowest BCUT2D eigenvalue weighted by Crippen LogP contribution is -2.23. The van der Waals surface area contributed by atoms with Gasteiger partial charge in [0.15, 0.2) is 6.29 Å². The molecule has 1 N–H and O–H groups in total. The monoisotopic (exact) mass is 253 g/mol. The zero-order valence-corrected chi connectivity index (χ0v) is 11.6. The van der Waals surface area contributed by atoms with Crippen LogP contribution in [-0.4, -0.2) is 33.2 Å². The summed E-state index contributed by atoms with van der Waals surface area (Å²) in [5.74, 6) is 0.876. The predicted molar refractivity (Wildman–Crippen MR) is 73.1 cm³/mol. The Balaban J connectivity index is 2.53. The summed E-state index contributed by atoms with van der Waals surface area (Å²) in [5.41, 5.74) is 0.995. The molecule has 1 atom stereocenters. The first kappa shape index (κ1) is 14.8. The first-order chi connectivity index (χ1) is 8.69. The lowest BCUT2D eigenvalue weighted by Gasteiger charge is -2.16. The van der Waals surface area contributed by atoms with Crippen molar-refractivity contribution in [2.45, 2.75) is 32.7 Å². The maximum absolute atomic E-state index is 5.76. The van der Waals surface area contributed by atoms with E-state index in [4.69, 9.17) is 14.2 Å². The van der Waals surface area contributed by atoms with Gasteiger partial charge < -0.3 is 19.5 Å². The molecule has 0 spiro atoms. The predicted octanol–water partition coefficient (Wildman–Crippen LogP) is 2.89. The molecule has 1 unspecified atom stereocenters. The number of hydrogen-bond acceptors (Lipinski definition) is 4. The SMILES string of the molecule is CCC(C)Oc1cccc(NCC(OC)OC)c1. The van der Waals surface area contributed by atoms with Crippen molar-refractivity contribution in [3.8, 4) is 5.75 Å². The van der Waals surface area contributed by atoms with Crippen molar-refractivity contribution in [2.24, 2.45) is 0 Å². The molecule has 0 aliphatic rings. The molecule has 0 aliphatic carbocycles. The Hall–Kier alpha value is -1.26. The fourth-order valence-corrected chi connectivity index (χ4v) is 1.46. The van der Waals surface area contributed by atoms with Gasteiger partial charge in [0.25, 0.3) is 0 Å². The third kappa shape index (κ3) is 4.94. The molecule has 4 nitrogen and oxygen atoms in total. The molecule has 1 aromatic rings. The van der Waals surface area contributed by atoms with Crippen LogP contribution in [0.4, 0.5) is 5.69 Å². The van der Waals surface area contributed by atoms with Crippen LogP contribution in [-0.2, 0) is 9.47 Å². The van der Waals surface area contributed by atoms with Gasteiger partial charge in [-0.05, 0) is 25.5 Å². The Morgan fingerprint density at radius 2 is 1.94 bits per heavy atom. The van der Waals surface area contributed by atoms with E-state index in [1.54, 1.807) is 14.2 Å². The number of anilines is 1. The maximum Gasteiger partial charge on any atom is 0.173 e. The molecule has 0 aliphatic heterocycles. The molecule has 0 heterocycles. The summed E-state index contributed by atoms with van der Waals surface area (Å²) in [7, 11) is 3.25. The highest BCUT2D eigenvalue weighted by atomic mass is 16.7. The van der Waals surface area contributed by atoms with Gasteiger partial charge in [-0.2, -0.15) is 0 Å². The van der Waals surface area contributed by atoms with E-state index in [0.29, 0.717) is 6.54 Å². The Morgan fingerprint density at radius 1 is 1.22 bits per heavy atom. The average molecular weight is 253 g/mol. The minimum atomic E-state index is -0.246. The quantitative estimate of drug-likeness (QED) is 0.723. The zero-order chi connectivity index (χ0) is 13.4. The summed E-state index contributed by atoms with van der Waals surface area (Å²) in [6.45, 7) is 4.76. The van der Waals surface area contributed by atoms with Gasteiger partial charge in [-0.25, -0.2) is 0 Å². The number of rotatable bonds is 8. The largest absolute Gasteiger partial charge is 0.491 e. The first-order valence-corrected chi connectivity index (χ1v) is 6.25. The highest BCUT2D eigenvalue weighted by molar-refractivity contribution is 5.48. The number of benzene rings is 1. The van der Waals surface area contributed by atoms with Crippen molar-refractivity contribution in [1.82, 2.24) is 0 Å². The number of methoxy groups -OCH3 is 2. The molecule has 0 bridgehead atoms. The van der Waals surface area contributed by atoms with Gasteiger partial charge >= 0.3 is 0 Å². The Morgan fingerprint density at radius 3 is 2.56 bits per heavy atom. The van der Waals surface area contributed by atoms with E-state index in [-0.39, 0.29) is 12.4 Å². The first-order valence-electron chi connectivity index (χ1n) is 6.25. The van der Waals surface area contributed by atoms with Crippen molar-refractivity contribution < 1.29 is 14.2 Å². The number of hydrogen-bond donors (Lipinski definition) is 1. The highest BCUT2D eigenvalue weighted by Crippen LogP contribution is 2.19. The van der Waals surface area contributed by atoms with E-state index in [9.17, 15) is 0 Å². The number of ether oxygens (including phenoxy) is 3. The van der Waals surface area contributed by atoms with Crippen LogP contribution >= 0.6 is 0 Å². The van der Waals surface area contributed by atoms with Crippen molar-refractivity contribution in [2.75, 3.05) is 26.1 Å². The Labute approximate surface area is 109 Å². The molecule has 1 aromatic carbocycles. The van der Waals surface area contributed by atoms with Crippen LogP contribution < -0.4 is 10.1 Å². The molecule has 0 saturated heterocycles. The molecular weight excluding hydrogens is 230 g/mol. The van der Waals surface area contributed by atoms with E-state index in [1.165, 1.54) is 0 Å². The standard InChI is InChI=1S/C14H23NO3/c1-5-11(2)18-13-8-6-7-12(9-13)15-10-14(16-3)17-4/h6-9,11,14-15H,5,10H2,1-4H3. The Bertz CT molecular complexity index is 340. The van der Waals surface area contributed by atoms with Gasteiger partial charge in [0.05, 0.1) is 12.6 Å². The lowest BCUT2D eigenvalue weighted by atomic mass is 10.2. The second-order valence-electron chi connectivity index (χ2n) is 4.15. The summed E-state index contributed by atoms with van der Waals surface area (Å²) in [5, 5.41) is 3.25. The molecule has 0 saturated carbocycles. The summed E-state index contributed by atoms with van der Waals surface area (Å²) in [6, 6.07) is 7.90. The van der Waals surface area contributed by atoms with Crippen LogP contribution in [0.5, 0.6) is 5.75 Å². The van der Waals surface area contributed by atoms with Gasteiger partial charge in [0.1, 0.15) is 5.75 Å². The summed E-state index contributed by atoms with van der Waals surface area (Å²) >= 11 is 0. The van der Waals surface area contributed by atoms with E-state index in [0.717, 1.165) is 17.9 Å². The van der Waals surface area contributed by atoms with E-state index in [1.807, 2.05) is 24.3 Å². The second kappa shape index (κ2) is 7.95. The summed E-state index contributed by atoms with van der Waals surface area (Å²) in [4.78, 5) is 0. The van der Waals surface area contributed by atoms with Crippen molar-refractivity contribution in [3.05, 3.63) is 24.3 Å². The topological polar surface area (TPSA) is 39.7 Å². The summed E-state index contributed by atoms with van der Waals surface area (Å²) in [6.07, 6.45) is 0.975. The zero-order valence-electron chi connectivity index (χ0n) is 11.6. The van der Waals surface area contributed by atoms with Crippen LogP contribution in [0.15, 0.2) is 24.3 Å². The molecule has 4 heteroatoms. The number of nitrogens with one attached hydrogen (secondary N) is 1. The Kier molecular flexibility index (Phi) is 6.54. The van der Waals surface area contributed by atoms with Gasteiger partial charge in [-0.3, -0.25) is 0 Å². The van der Waals surface area contributed by atoms with Crippen molar-refractivity contribution in [3.63, 3.8) is 0 Å². The van der Waals surface area contributed by atoms with Gasteiger partial charge in [0.2, 0.25) is 0 Å². The molecule has 102 valence electrons. The smallest absolute Gasteiger partial charge is 0.173 e. The fraction of sp³-hybridized carbons (Fsp3) is 0.571. The fourth-order valence-electron chi connectivity index (χ4n) is 1.46. The van der Waals surface area contributed by atoms with Crippen LogP contribution in [0.2, 0.25) is 0 Å². The van der Waals surface area contributed by atoms with Crippen molar-refractivity contribution >= 4 is 5.69 Å². The third-order valence-corrected chi connectivity index (χ3v) is 2.74. The van der Waals surface area contributed by atoms with Gasteiger partial charge in [0, 0.05) is 26.0 Å². The molecule has 1 rings (SSSR count). The van der Waals surface area contributed by atoms with Crippen LogP contribution in [0.1, 0.15) is 20.3 Å². The third-order valence-electron chi connectivity index (χ3n) is 2.74. The molecule has 0 amide bonds. The van der Waals surface area contributed by atoms with Crippen LogP contribution in [0.3, 0.4) is 0 Å². The minimum absolute atomic E-state index is 0.228. The maximum atomic E-state index is 5.76. The van der Waals surface area contributed by atoms with E-state index >= 15 is 0 Å². The van der Waals surface area contributed by atoms with E-state index in [2.05, 4.69) is 19.2 Å². The van der Waals surface area contributed by atoms with Crippen LogP contribution in [0, 0.1) is 0 Å². The van der Waals surface area contributed by atoms with Crippen LogP contribution in [0.25, 0.3) is 0 Å². The molecular formula is C14H23NO3. The normalized spacial score (nSPS) is 12.5. The molecule has 0 aromatic heterocycles. The second-order valence-corrected chi connectivity index (χ2v) is 4.15. The van der Waals surface area contributed by atoms with Gasteiger partial charge in [-0.15, -0.1) is 0 Å². The van der Waals surface area contributed by atoms with Crippen molar-refractivity contribution in [1.29, 1.82) is 0 Å². The molecule has 0 radical (unpaired) electrons. The van der Waals surface area contributed by atoms with Gasteiger partial charge in [-0.1, -0.05) is 13.0 Å². The molecule has 0 fully saturated rings. The summed E-state index contributed by atoms with van der Waals surface area (Å²) < 4.78 is 16.0. The van der Waals surface area contributed by atoms with E-state index < -0.39 is 0 Å². The molecule has 18 heavy (non-hydrogen) atoms. The lowest BCUT2D eigenvalue weighted by molar-refractivity contribution is -0.0914.